The number of hydrogen-bond acceptors (Lipinski definition) is 6. The molecule has 3 rings (SSSR count). The lowest BCUT2D eigenvalue weighted by Gasteiger charge is -2.20. The Morgan fingerprint density at radius 1 is 1.18 bits per heavy atom. The van der Waals surface area contributed by atoms with Crippen molar-refractivity contribution in [3.05, 3.63) is 51.9 Å². The first-order valence-electron chi connectivity index (χ1n) is 8.71. The van der Waals surface area contributed by atoms with Gasteiger partial charge in [0, 0.05) is 12.5 Å². The molecule has 1 aromatic carbocycles. The van der Waals surface area contributed by atoms with E-state index in [1.807, 2.05) is 0 Å². The monoisotopic (exact) mass is 411 g/mol. The molecule has 1 aliphatic rings. The zero-order chi connectivity index (χ0) is 20.4. The molecule has 1 fully saturated rings. The Labute approximate surface area is 165 Å². The number of aromatic nitrogens is 2. The Kier molecular flexibility index (Phi) is 6.24. The summed E-state index contributed by atoms with van der Waals surface area (Å²) >= 11 is 6.24. The number of hydrogen-bond donors (Lipinski definition) is 4. The molecule has 28 heavy (non-hydrogen) atoms. The van der Waals surface area contributed by atoms with E-state index in [1.165, 1.54) is 12.1 Å². The number of nitrogens with zero attached hydrogens (tertiary/aromatic N) is 2. The van der Waals surface area contributed by atoms with Crippen LogP contribution in [-0.2, 0) is 0 Å². The molecule has 1 aromatic heterocycles. The van der Waals surface area contributed by atoms with Gasteiger partial charge >= 0.3 is 0 Å². The average Bonchev–Trinajstić information content (AvgIpc) is 2.91. The Morgan fingerprint density at radius 3 is 2.57 bits per heavy atom. The molecule has 0 unspecified atom stereocenters. The van der Waals surface area contributed by atoms with Crippen LogP contribution in [0.25, 0.3) is 12.2 Å². The van der Waals surface area contributed by atoms with Crippen molar-refractivity contribution in [2.24, 2.45) is 5.92 Å². The first kappa shape index (κ1) is 20.6. The summed E-state index contributed by atoms with van der Waals surface area (Å²) in [5, 5.41) is 32.7. The molecular weight excluding hydrogens is 392 g/mol. The second kappa shape index (κ2) is 8.48. The fourth-order valence-corrected chi connectivity index (χ4v) is 3.50. The smallest absolute Gasteiger partial charge is 0.159 e. The summed E-state index contributed by atoms with van der Waals surface area (Å²) in [5.74, 6) is -1.64. The second-order valence-electron chi connectivity index (χ2n) is 6.74. The van der Waals surface area contributed by atoms with Crippen LogP contribution in [0.2, 0.25) is 5.15 Å². The summed E-state index contributed by atoms with van der Waals surface area (Å²) in [6, 6.07) is 2.93. The Bertz CT molecular complexity index is 897. The van der Waals surface area contributed by atoms with E-state index in [2.05, 4.69) is 15.3 Å². The van der Waals surface area contributed by atoms with E-state index in [0.29, 0.717) is 29.2 Å². The standard InChI is InChI=1S/C19H20ClF2N3O3/c1-9-23-18(20)12(4-2-10-3-5-13(21)14(22)6-10)19(24-9)25-15-7-11(8-26)16(27)17(15)28/h2-6,11,15-17,26-28H,7-8H2,1H3,(H,23,24,25)/b4-2+/t11-,15-,16-,17+/m1/s1. The van der Waals surface area contributed by atoms with Gasteiger partial charge in [0.2, 0.25) is 0 Å². The highest BCUT2D eigenvalue weighted by molar-refractivity contribution is 6.31. The Balaban J connectivity index is 1.89. The molecule has 4 atom stereocenters. The van der Waals surface area contributed by atoms with Crippen LogP contribution >= 0.6 is 11.6 Å². The van der Waals surface area contributed by atoms with Gasteiger partial charge in [-0.05, 0) is 37.1 Å². The van der Waals surface area contributed by atoms with Gasteiger partial charge in [0.1, 0.15) is 22.9 Å². The highest BCUT2D eigenvalue weighted by atomic mass is 35.5. The molecule has 150 valence electrons. The van der Waals surface area contributed by atoms with Crippen molar-refractivity contribution in [1.29, 1.82) is 0 Å². The number of aliphatic hydroxyl groups is 3. The lowest BCUT2D eigenvalue weighted by atomic mass is 10.1. The van der Waals surface area contributed by atoms with Gasteiger partial charge in [0.05, 0.1) is 17.7 Å². The summed E-state index contributed by atoms with van der Waals surface area (Å²) in [5.41, 5.74) is 0.810. The third-order valence-corrected chi connectivity index (χ3v) is 5.04. The summed E-state index contributed by atoms with van der Waals surface area (Å²) in [6.45, 7) is 1.40. The normalized spacial score (nSPS) is 24.8. The van der Waals surface area contributed by atoms with E-state index in [4.69, 9.17) is 11.6 Å². The molecule has 0 radical (unpaired) electrons. The van der Waals surface area contributed by atoms with Crippen LogP contribution in [0.1, 0.15) is 23.4 Å². The molecule has 9 heteroatoms. The maximum absolute atomic E-state index is 13.4. The van der Waals surface area contributed by atoms with Crippen molar-refractivity contribution in [3.63, 3.8) is 0 Å². The molecule has 0 saturated heterocycles. The molecule has 0 aliphatic heterocycles. The van der Waals surface area contributed by atoms with Crippen molar-refractivity contribution in [3.8, 4) is 0 Å². The van der Waals surface area contributed by atoms with Gasteiger partial charge in [-0.15, -0.1) is 0 Å². The van der Waals surface area contributed by atoms with Gasteiger partial charge in [-0.1, -0.05) is 23.7 Å². The molecule has 2 aromatic rings. The molecule has 1 saturated carbocycles. The predicted octanol–water partition coefficient (Wildman–Crippen LogP) is 2.40. The van der Waals surface area contributed by atoms with E-state index in [0.717, 1.165) is 12.1 Å². The Hall–Kier alpha value is -2.13. The zero-order valence-electron chi connectivity index (χ0n) is 15.0. The van der Waals surface area contributed by atoms with Crippen molar-refractivity contribution >= 4 is 29.6 Å². The minimum atomic E-state index is -1.09. The quantitative estimate of drug-likeness (QED) is 0.564. The fourth-order valence-electron chi connectivity index (χ4n) is 3.22. The van der Waals surface area contributed by atoms with Crippen LogP contribution < -0.4 is 5.32 Å². The van der Waals surface area contributed by atoms with Gasteiger partial charge in [-0.2, -0.15) is 0 Å². The molecule has 6 nitrogen and oxygen atoms in total. The summed E-state index contributed by atoms with van der Waals surface area (Å²) in [7, 11) is 0. The summed E-state index contributed by atoms with van der Waals surface area (Å²) < 4.78 is 26.5. The fraction of sp³-hybridized carbons (Fsp3) is 0.368. The summed E-state index contributed by atoms with van der Waals surface area (Å²) in [4.78, 5) is 8.40. The molecular formula is C19H20ClF2N3O3. The molecule has 1 aliphatic carbocycles. The van der Waals surface area contributed by atoms with Crippen LogP contribution in [0.5, 0.6) is 0 Å². The third kappa shape index (κ3) is 4.30. The van der Waals surface area contributed by atoms with Gasteiger partial charge in [-0.3, -0.25) is 0 Å². The van der Waals surface area contributed by atoms with Crippen LogP contribution in [0.3, 0.4) is 0 Å². The third-order valence-electron chi connectivity index (χ3n) is 4.76. The first-order chi connectivity index (χ1) is 13.3. The lowest BCUT2D eigenvalue weighted by molar-refractivity contribution is 0.00445. The number of aliphatic hydroxyl groups excluding tert-OH is 3. The molecule has 4 N–H and O–H groups in total. The predicted molar refractivity (Wildman–Crippen MR) is 102 cm³/mol. The number of nitrogens with one attached hydrogen (secondary N) is 1. The molecule has 0 spiro atoms. The second-order valence-corrected chi connectivity index (χ2v) is 7.10. The molecule has 0 bridgehead atoms. The highest BCUT2D eigenvalue weighted by Gasteiger charge is 2.41. The zero-order valence-corrected chi connectivity index (χ0v) is 15.7. The largest absolute Gasteiger partial charge is 0.396 e. The number of rotatable bonds is 5. The van der Waals surface area contributed by atoms with Crippen molar-refractivity contribution in [2.45, 2.75) is 31.6 Å². The van der Waals surface area contributed by atoms with Gasteiger partial charge < -0.3 is 20.6 Å². The minimum Gasteiger partial charge on any atom is -0.396 e. The maximum Gasteiger partial charge on any atom is 0.159 e. The number of aryl methyl sites for hydroxylation is 1. The summed E-state index contributed by atoms with van der Waals surface area (Å²) in [6.07, 6.45) is 1.28. The Morgan fingerprint density at radius 2 is 1.93 bits per heavy atom. The lowest BCUT2D eigenvalue weighted by Crippen LogP contribution is -2.35. The van der Waals surface area contributed by atoms with Crippen LogP contribution in [0, 0.1) is 24.5 Å². The number of anilines is 1. The SMILES string of the molecule is Cc1nc(Cl)c(/C=C/c2ccc(F)c(F)c2)c(N[C@@H]2C[C@H](CO)[C@@H](O)[C@H]2O)n1. The molecule has 0 amide bonds. The van der Waals surface area contributed by atoms with Crippen LogP contribution in [0.15, 0.2) is 18.2 Å². The molecule has 1 heterocycles. The topological polar surface area (TPSA) is 98.5 Å². The highest BCUT2D eigenvalue weighted by Crippen LogP contribution is 2.31. The van der Waals surface area contributed by atoms with Crippen LogP contribution in [-0.4, -0.2) is 50.1 Å². The number of benzene rings is 1. The van der Waals surface area contributed by atoms with Gasteiger partial charge in [0.25, 0.3) is 0 Å². The minimum absolute atomic E-state index is 0.139. The van der Waals surface area contributed by atoms with Crippen LogP contribution in [0.4, 0.5) is 14.6 Å². The van der Waals surface area contributed by atoms with Crippen molar-refractivity contribution < 1.29 is 24.1 Å². The first-order valence-corrected chi connectivity index (χ1v) is 9.08. The van der Waals surface area contributed by atoms with E-state index in [-0.39, 0.29) is 11.8 Å². The van der Waals surface area contributed by atoms with E-state index in [9.17, 15) is 24.1 Å². The van der Waals surface area contributed by atoms with Gasteiger partial charge in [-0.25, -0.2) is 18.7 Å². The van der Waals surface area contributed by atoms with Crippen molar-refractivity contribution in [2.75, 3.05) is 11.9 Å². The number of halogens is 3. The van der Waals surface area contributed by atoms with E-state index < -0.39 is 35.8 Å². The van der Waals surface area contributed by atoms with Gasteiger partial charge in [0.15, 0.2) is 11.6 Å². The maximum atomic E-state index is 13.4. The van der Waals surface area contributed by atoms with Crippen molar-refractivity contribution in [1.82, 2.24) is 9.97 Å². The van der Waals surface area contributed by atoms with E-state index >= 15 is 0 Å². The average molecular weight is 412 g/mol. The van der Waals surface area contributed by atoms with E-state index in [1.54, 1.807) is 13.0 Å².